The molecule has 0 fully saturated rings. The van der Waals surface area contributed by atoms with Crippen molar-refractivity contribution in [2.75, 3.05) is 13.7 Å². The summed E-state index contributed by atoms with van der Waals surface area (Å²) in [6, 6.07) is 3.78. The first-order valence-electron chi connectivity index (χ1n) is 6.19. The molecule has 1 aromatic rings. The van der Waals surface area contributed by atoms with Crippen LogP contribution in [-0.2, 0) is 0 Å². The zero-order valence-corrected chi connectivity index (χ0v) is 12.0. The van der Waals surface area contributed by atoms with Gasteiger partial charge in [0.15, 0.2) is 5.78 Å². The number of hydrogen-bond acceptors (Lipinski definition) is 3. The van der Waals surface area contributed by atoms with Crippen LogP contribution in [0.15, 0.2) is 12.1 Å². The number of methoxy groups -OCH3 is 1. The summed E-state index contributed by atoms with van der Waals surface area (Å²) in [5, 5.41) is 0. The van der Waals surface area contributed by atoms with Crippen LogP contribution in [0.3, 0.4) is 0 Å². The van der Waals surface area contributed by atoms with Crippen molar-refractivity contribution in [1.82, 2.24) is 0 Å². The van der Waals surface area contributed by atoms with E-state index in [1.54, 1.807) is 7.11 Å². The Kier molecular flexibility index (Phi) is 4.52. The van der Waals surface area contributed by atoms with Gasteiger partial charge in [0.2, 0.25) is 0 Å². The normalized spacial score (nSPS) is 11.4. The SMILES string of the molecule is COc1c(C)cc(C(=O)CC(C)(C)CN)cc1C. The minimum absolute atomic E-state index is 0.138. The lowest BCUT2D eigenvalue weighted by Gasteiger charge is -2.21. The van der Waals surface area contributed by atoms with E-state index in [1.165, 1.54) is 0 Å². The van der Waals surface area contributed by atoms with Gasteiger partial charge in [-0.3, -0.25) is 4.79 Å². The molecule has 100 valence electrons. The number of ketones is 1. The van der Waals surface area contributed by atoms with E-state index in [0.29, 0.717) is 13.0 Å². The number of benzene rings is 1. The monoisotopic (exact) mass is 249 g/mol. The lowest BCUT2D eigenvalue weighted by molar-refractivity contribution is 0.0934. The highest BCUT2D eigenvalue weighted by Gasteiger charge is 2.21. The third kappa shape index (κ3) is 3.33. The molecule has 2 N–H and O–H groups in total. The topological polar surface area (TPSA) is 52.3 Å². The molecule has 0 aliphatic carbocycles. The highest BCUT2D eigenvalue weighted by Crippen LogP contribution is 2.27. The molecule has 0 aliphatic heterocycles. The molecule has 18 heavy (non-hydrogen) atoms. The van der Waals surface area contributed by atoms with Gasteiger partial charge in [0.25, 0.3) is 0 Å². The quantitative estimate of drug-likeness (QED) is 0.816. The Hall–Kier alpha value is -1.35. The largest absolute Gasteiger partial charge is 0.496 e. The third-order valence-corrected chi connectivity index (χ3v) is 3.18. The molecule has 0 spiro atoms. The fourth-order valence-electron chi connectivity index (χ4n) is 2.04. The number of carbonyl (C=O) groups is 1. The minimum Gasteiger partial charge on any atom is -0.496 e. The second-order valence-electron chi connectivity index (χ2n) is 5.61. The molecule has 0 amide bonds. The number of nitrogens with two attached hydrogens (primary N) is 1. The van der Waals surface area contributed by atoms with Gasteiger partial charge in [-0.25, -0.2) is 0 Å². The zero-order chi connectivity index (χ0) is 13.9. The maximum absolute atomic E-state index is 12.2. The van der Waals surface area contributed by atoms with Crippen LogP contribution in [0.1, 0.15) is 41.8 Å². The first-order chi connectivity index (χ1) is 8.30. The van der Waals surface area contributed by atoms with Gasteiger partial charge in [0, 0.05) is 12.0 Å². The van der Waals surface area contributed by atoms with Crippen LogP contribution in [0.25, 0.3) is 0 Å². The van der Waals surface area contributed by atoms with E-state index in [0.717, 1.165) is 22.4 Å². The molecule has 0 unspecified atom stereocenters. The summed E-state index contributed by atoms with van der Waals surface area (Å²) < 4.78 is 5.30. The molecule has 0 saturated carbocycles. The van der Waals surface area contributed by atoms with Crippen LogP contribution in [0.2, 0.25) is 0 Å². The molecule has 1 aromatic carbocycles. The molecule has 3 nitrogen and oxygen atoms in total. The molecule has 0 aromatic heterocycles. The zero-order valence-electron chi connectivity index (χ0n) is 12.0. The van der Waals surface area contributed by atoms with Crippen LogP contribution in [0, 0.1) is 19.3 Å². The van der Waals surface area contributed by atoms with E-state index in [9.17, 15) is 4.79 Å². The summed E-state index contributed by atoms with van der Waals surface area (Å²) in [5.41, 5.74) is 8.24. The fraction of sp³-hybridized carbons (Fsp3) is 0.533. The molecule has 0 heterocycles. The molecular formula is C15H23NO2. The summed E-state index contributed by atoms with van der Waals surface area (Å²) in [7, 11) is 1.65. The van der Waals surface area contributed by atoms with E-state index in [2.05, 4.69) is 0 Å². The van der Waals surface area contributed by atoms with Crippen LogP contribution >= 0.6 is 0 Å². The number of ether oxygens (including phenoxy) is 1. The Balaban J connectivity index is 3.01. The maximum atomic E-state index is 12.2. The minimum atomic E-state index is -0.154. The standard InChI is InChI=1S/C15H23NO2/c1-10-6-12(7-11(2)14(10)18-5)13(17)8-15(3,4)9-16/h6-7H,8-9,16H2,1-5H3. The summed E-state index contributed by atoms with van der Waals surface area (Å²) in [6.45, 7) is 8.43. The number of rotatable bonds is 5. The van der Waals surface area contributed by atoms with E-state index in [-0.39, 0.29) is 11.2 Å². The molecule has 0 saturated heterocycles. The second kappa shape index (κ2) is 5.53. The van der Waals surface area contributed by atoms with Crippen LogP contribution in [0.5, 0.6) is 5.75 Å². The Bertz CT molecular complexity index is 427. The van der Waals surface area contributed by atoms with Crippen LogP contribution in [0.4, 0.5) is 0 Å². The molecule has 1 rings (SSSR count). The number of aryl methyl sites for hydroxylation is 2. The highest BCUT2D eigenvalue weighted by atomic mass is 16.5. The van der Waals surface area contributed by atoms with Gasteiger partial charge in [0.05, 0.1) is 7.11 Å². The van der Waals surface area contributed by atoms with Crippen LogP contribution in [-0.4, -0.2) is 19.4 Å². The highest BCUT2D eigenvalue weighted by molar-refractivity contribution is 5.97. The molecule has 0 aliphatic rings. The van der Waals surface area contributed by atoms with Crippen molar-refractivity contribution in [2.45, 2.75) is 34.1 Å². The lowest BCUT2D eigenvalue weighted by atomic mass is 9.85. The van der Waals surface area contributed by atoms with E-state index >= 15 is 0 Å². The Morgan fingerprint density at radius 3 is 2.17 bits per heavy atom. The number of Topliss-reactive ketones (excluding diaryl/α,β-unsaturated/α-hetero) is 1. The molecule has 0 radical (unpaired) electrons. The average Bonchev–Trinajstić information content (AvgIpc) is 2.28. The van der Waals surface area contributed by atoms with Gasteiger partial charge < -0.3 is 10.5 Å². The van der Waals surface area contributed by atoms with Crippen molar-refractivity contribution in [1.29, 1.82) is 0 Å². The second-order valence-corrected chi connectivity index (χ2v) is 5.61. The first-order valence-corrected chi connectivity index (χ1v) is 6.19. The predicted molar refractivity (Wildman–Crippen MR) is 74.3 cm³/mol. The van der Waals surface area contributed by atoms with Gasteiger partial charge in [-0.1, -0.05) is 13.8 Å². The van der Waals surface area contributed by atoms with Crippen molar-refractivity contribution < 1.29 is 9.53 Å². The smallest absolute Gasteiger partial charge is 0.163 e. The predicted octanol–water partition coefficient (Wildman–Crippen LogP) is 2.87. The van der Waals surface area contributed by atoms with Crippen molar-refractivity contribution in [3.63, 3.8) is 0 Å². The Labute approximate surface area is 109 Å². The molecular weight excluding hydrogens is 226 g/mol. The first kappa shape index (κ1) is 14.7. The van der Waals surface area contributed by atoms with Crippen molar-refractivity contribution in [3.8, 4) is 5.75 Å². The van der Waals surface area contributed by atoms with Gasteiger partial charge in [-0.15, -0.1) is 0 Å². The van der Waals surface area contributed by atoms with Gasteiger partial charge >= 0.3 is 0 Å². The molecule has 3 heteroatoms. The fourth-order valence-corrected chi connectivity index (χ4v) is 2.04. The van der Waals surface area contributed by atoms with E-state index < -0.39 is 0 Å². The number of hydrogen-bond donors (Lipinski definition) is 1. The summed E-state index contributed by atoms with van der Waals surface area (Å²) in [4.78, 5) is 12.2. The van der Waals surface area contributed by atoms with Crippen molar-refractivity contribution in [3.05, 3.63) is 28.8 Å². The number of carbonyl (C=O) groups excluding carboxylic acids is 1. The Morgan fingerprint density at radius 1 is 1.28 bits per heavy atom. The van der Waals surface area contributed by atoms with E-state index in [4.69, 9.17) is 10.5 Å². The average molecular weight is 249 g/mol. The maximum Gasteiger partial charge on any atom is 0.163 e. The third-order valence-electron chi connectivity index (χ3n) is 3.18. The summed E-state index contributed by atoms with van der Waals surface area (Å²) >= 11 is 0. The lowest BCUT2D eigenvalue weighted by Crippen LogP contribution is -2.26. The molecule has 0 atom stereocenters. The summed E-state index contributed by atoms with van der Waals surface area (Å²) in [6.07, 6.45) is 0.467. The van der Waals surface area contributed by atoms with Crippen molar-refractivity contribution in [2.24, 2.45) is 11.1 Å². The summed E-state index contributed by atoms with van der Waals surface area (Å²) in [5.74, 6) is 0.990. The van der Waals surface area contributed by atoms with Crippen molar-refractivity contribution >= 4 is 5.78 Å². The van der Waals surface area contributed by atoms with E-state index in [1.807, 2.05) is 39.8 Å². The van der Waals surface area contributed by atoms with Gasteiger partial charge in [-0.05, 0) is 49.1 Å². The Morgan fingerprint density at radius 2 is 1.78 bits per heavy atom. The molecule has 0 bridgehead atoms. The van der Waals surface area contributed by atoms with Gasteiger partial charge in [0.1, 0.15) is 5.75 Å². The van der Waals surface area contributed by atoms with Crippen LogP contribution < -0.4 is 10.5 Å². The van der Waals surface area contributed by atoms with Gasteiger partial charge in [-0.2, -0.15) is 0 Å².